The number of carboxylic acid groups (broad SMARTS) is 1. The van der Waals surface area contributed by atoms with Crippen LogP contribution in [0.15, 0.2) is 48.5 Å². The van der Waals surface area contributed by atoms with E-state index < -0.39 is 29.6 Å². The normalized spacial score (nSPS) is 20.3. The van der Waals surface area contributed by atoms with E-state index in [9.17, 15) is 19.2 Å². The van der Waals surface area contributed by atoms with E-state index in [1.54, 1.807) is 32.8 Å². The number of hydrogen-bond acceptors (Lipinski definition) is 7. The molecule has 3 N–H and O–H groups in total. The van der Waals surface area contributed by atoms with Gasteiger partial charge in [0.05, 0.1) is 18.2 Å². The van der Waals surface area contributed by atoms with Crippen molar-refractivity contribution in [3.63, 3.8) is 0 Å². The van der Waals surface area contributed by atoms with E-state index in [4.69, 9.17) is 14.6 Å². The maximum absolute atomic E-state index is 13.2. The zero-order chi connectivity index (χ0) is 31.1. The third kappa shape index (κ3) is 9.01. The van der Waals surface area contributed by atoms with E-state index in [2.05, 4.69) is 15.5 Å². The molecular formula is C32H42N4O7. The van der Waals surface area contributed by atoms with Crippen molar-refractivity contribution >= 4 is 35.3 Å². The van der Waals surface area contributed by atoms with Crippen molar-refractivity contribution in [1.29, 1.82) is 0 Å². The van der Waals surface area contributed by atoms with Gasteiger partial charge in [-0.15, -0.1) is 0 Å². The van der Waals surface area contributed by atoms with Crippen LogP contribution in [-0.4, -0.2) is 84.4 Å². The van der Waals surface area contributed by atoms with Crippen LogP contribution in [-0.2, 0) is 25.5 Å². The van der Waals surface area contributed by atoms with Crippen LogP contribution in [0.5, 0.6) is 0 Å². The number of carboxylic acids is 1. The second kappa shape index (κ2) is 14.0. The number of nitrogens with zero attached hydrogens (tertiary/aromatic N) is 2. The summed E-state index contributed by atoms with van der Waals surface area (Å²) in [6.45, 7) is 7.01. The molecule has 1 aliphatic carbocycles. The molecule has 2 aromatic rings. The lowest BCUT2D eigenvalue weighted by Gasteiger charge is -2.41. The SMILES string of the molecule is COC1CCC(N2CCN(c3ccc(C[C@H](NC(=O)OC(C)(C)C)C(=O)Nc4ccc(C(=O)O)cc4)cc3)C(=O)C2)CC1. The van der Waals surface area contributed by atoms with Crippen LogP contribution < -0.4 is 15.5 Å². The second-order valence-corrected chi connectivity index (χ2v) is 12.1. The third-order valence-corrected chi connectivity index (χ3v) is 7.84. The molecule has 0 bridgehead atoms. The summed E-state index contributed by atoms with van der Waals surface area (Å²) >= 11 is 0. The summed E-state index contributed by atoms with van der Waals surface area (Å²) in [6.07, 6.45) is 3.89. The number of carbonyl (C=O) groups excluding carboxylic acids is 3. The smallest absolute Gasteiger partial charge is 0.408 e. The van der Waals surface area contributed by atoms with Crippen molar-refractivity contribution < 1.29 is 33.8 Å². The number of hydrogen-bond donors (Lipinski definition) is 3. The van der Waals surface area contributed by atoms with Crippen molar-refractivity contribution in [3.05, 3.63) is 59.7 Å². The second-order valence-electron chi connectivity index (χ2n) is 12.1. The highest BCUT2D eigenvalue weighted by Crippen LogP contribution is 2.27. The zero-order valence-electron chi connectivity index (χ0n) is 25.3. The molecule has 3 amide bonds. The van der Waals surface area contributed by atoms with E-state index >= 15 is 0 Å². The highest BCUT2D eigenvalue weighted by molar-refractivity contribution is 5.97. The van der Waals surface area contributed by atoms with Gasteiger partial charge in [-0.25, -0.2) is 9.59 Å². The van der Waals surface area contributed by atoms with Crippen molar-refractivity contribution in [2.75, 3.05) is 37.0 Å². The summed E-state index contributed by atoms with van der Waals surface area (Å²) in [5.74, 6) is -1.49. The maximum atomic E-state index is 13.2. The number of methoxy groups -OCH3 is 1. The summed E-state index contributed by atoms with van der Waals surface area (Å²) in [5.41, 5.74) is 1.30. The van der Waals surface area contributed by atoms with Gasteiger partial charge in [-0.2, -0.15) is 0 Å². The van der Waals surface area contributed by atoms with Crippen LogP contribution in [0.25, 0.3) is 0 Å². The quantitative estimate of drug-likeness (QED) is 0.395. The van der Waals surface area contributed by atoms with Crippen molar-refractivity contribution in [3.8, 4) is 0 Å². The van der Waals surface area contributed by atoms with E-state index in [1.807, 2.05) is 24.3 Å². The Morgan fingerprint density at radius 2 is 1.63 bits per heavy atom. The first-order valence-corrected chi connectivity index (χ1v) is 14.7. The van der Waals surface area contributed by atoms with Gasteiger partial charge in [0, 0.05) is 44.0 Å². The van der Waals surface area contributed by atoms with E-state index in [1.165, 1.54) is 24.3 Å². The Kier molecular flexibility index (Phi) is 10.4. The van der Waals surface area contributed by atoms with Gasteiger partial charge in [-0.05, 0) is 88.4 Å². The first kappa shape index (κ1) is 32.0. The lowest BCUT2D eigenvalue weighted by molar-refractivity contribution is -0.122. The molecular weight excluding hydrogens is 552 g/mol. The lowest BCUT2D eigenvalue weighted by atomic mass is 9.91. The van der Waals surface area contributed by atoms with Crippen molar-refractivity contribution in [2.24, 2.45) is 0 Å². The number of anilines is 2. The van der Waals surface area contributed by atoms with Crippen molar-refractivity contribution in [1.82, 2.24) is 10.2 Å². The van der Waals surface area contributed by atoms with Gasteiger partial charge in [0.25, 0.3) is 0 Å². The fourth-order valence-electron chi connectivity index (χ4n) is 5.55. The predicted octanol–water partition coefficient (Wildman–Crippen LogP) is 4.07. The van der Waals surface area contributed by atoms with Gasteiger partial charge in [0.2, 0.25) is 11.8 Å². The fourth-order valence-corrected chi connectivity index (χ4v) is 5.55. The summed E-state index contributed by atoms with van der Waals surface area (Å²) in [6, 6.07) is 12.6. The predicted molar refractivity (Wildman–Crippen MR) is 162 cm³/mol. The van der Waals surface area contributed by atoms with Gasteiger partial charge in [-0.3, -0.25) is 14.5 Å². The number of nitrogens with one attached hydrogen (secondary N) is 2. The monoisotopic (exact) mass is 594 g/mol. The van der Waals surface area contributed by atoms with E-state index in [0.717, 1.165) is 43.5 Å². The molecule has 11 nitrogen and oxygen atoms in total. The first-order valence-electron chi connectivity index (χ1n) is 14.7. The average molecular weight is 595 g/mol. The summed E-state index contributed by atoms with van der Waals surface area (Å²) in [5, 5.41) is 14.5. The van der Waals surface area contributed by atoms with Crippen LogP contribution >= 0.6 is 0 Å². The Morgan fingerprint density at radius 3 is 2.19 bits per heavy atom. The third-order valence-electron chi connectivity index (χ3n) is 7.84. The molecule has 2 aliphatic rings. The van der Waals surface area contributed by atoms with E-state index in [0.29, 0.717) is 30.9 Å². The molecule has 4 rings (SSSR count). The van der Waals surface area contributed by atoms with Crippen molar-refractivity contribution in [2.45, 2.75) is 76.7 Å². The van der Waals surface area contributed by atoms with Gasteiger partial charge < -0.3 is 30.1 Å². The van der Waals surface area contributed by atoms with Gasteiger partial charge >= 0.3 is 12.1 Å². The Bertz CT molecular complexity index is 1280. The fraction of sp³-hybridized carbons (Fsp3) is 0.500. The number of alkyl carbamates (subject to hydrolysis) is 1. The lowest BCUT2D eigenvalue weighted by Crippen LogP contribution is -2.54. The molecule has 1 saturated carbocycles. The summed E-state index contributed by atoms with van der Waals surface area (Å²) in [4.78, 5) is 54.1. The molecule has 43 heavy (non-hydrogen) atoms. The van der Waals surface area contributed by atoms with Gasteiger partial charge in [0.15, 0.2) is 0 Å². The molecule has 0 spiro atoms. The molecule has 2 fully saturated rings. The first-order chi connectivity index (χ1) is 20.4. The molecule has 11 heteroatoms. The highest BCUT2D eigenvalue weighted by Gasteiger charge is 2.32. The average Bonchev–Trinajstić information content (AvgIpc) is 2.96. The van der Waals surface area contributed by atoms with Crippen LogP contribution in [0.4, 0.5) is 16.2 Å². The molecule has 0 aromatic heterocycles. The number of amides is 3. The molecule has 232 valence electrons. The topological polar surface area (TPSA) is 138 Å². The number of aromatic carboxylic acids is 1. The summed E-state index contributed by atoms with van der Waals surface area (Å²) in [7, 11) is 1.76. The molecule has 2 aromatic carbocycles. The highest BCUT2D eigenvalue weighted by atomic mass is 16.6. The number of benzene rings is 2. The Labute approximate surface area is 252 Å². The molecule has 1 saturated heterocycles. The minimum atomic E-state index is -1.07. The minimum absolute atomic E-state index is 0.0608. The largest absolute Gasteiger partial charge is 0.478 e. The van der Waals surface area contributed by atoms with Gasteiger partial charge in [-0.1, -0.05) is 12.1 Å². The van der Waals surface area contributed by atoms with Crippen LogP contribution in [0.1, 0.15) is 62.4 Å². The number of ether oxygens (including phenoxy) is 2. The Hall–Kier alpha value is -3.96. The maximum Gasteiger partial charge on any atom is 0.408 e. The van der Waals surface area contributed by atoms with Crippen LogP contribution in [0, 0.1) is 0 Å². The number of piperazine rings is 1. The zero-order valence-corrected chi connectivity index (χ0v) is 25.3. The van der Waals surface area contributed by atoms with E-state index in [-0.39, 0.29) is 17.9 Å². The number of rotatable bonds is 9. The standard InChI is InChI=1S/C32H42N4O7/c1-32(2,3)43-31(41)34-27(29(38)33-23-9-7-22(8-10-23)30(39)40)19-21-5-11-25(12-6-21)36-18-17-35(20-28(36)37)24-13-15-26(42-4)16-14-24/h5-12,24,26-27H,13-20H2,1-4H3,(H,33,38)(H,34,41)(H,39,40)/t24?,26?,27-/m0/s1. The summed E-state index contributed by atoms with van der Waals surface area (Å²) < 4.78 is 10.9. The number of carbonyl (C=O) groups is 4. The molecule has 0 radical (unpaired) electrons. The molecule has 1 atom stereocenters. The molecule has 1 heterocycles. The Morgan fingerprint density at radius 1 is 0.977 bits per heavy atom. The molecule has 1 aliphatic heterocycles. The van der Waals surface area contributed by atoms with Gasteiger partial charge in [0.1, 0.15) is 11.6 Å². The van der Waals surface area contributed by atoms with Crippen LogP contribution in [0.3, 0.4) is 0 Å². The Balaban J connectivity index is 1.40. The minimum Gasteiger partial charge on any atom is -0.478 e. The van der Waals surface area contributed by atoms with Crippen LogP contribution in [0.2, 0.25) is 0 Å². The molecule has 0 unspecified atom stereocenters.